The van der Waals surface area contributed by atoms with Crippen LogP contribution in [-0.4, -0.2) is 27.7 Å². The van der Waals surface area contributed by atoms with Gasteiger partial charge in [-0.1, -0.05) is 6.92 Å². The zero-order valence-electron chi connectivity index (χ0n) is 15.5. The van der Waals surface area contributed by atoms with Crippen LogP contribution < -0.4 is 15.9 Å². The number of rotatable bonds is 5. The van der Waals surface area contributed by atoms with Gasteiger partial charge >= 0.3 is 5.91 Å². The third-order valence-corrected chi connectivity index (χ3v) is 5.58. The van der Waals surface area contributed by atoms with Crippen molar-refractivity contribution in [1.82, 2.24) is 4.57 Å². The monoisotopic (exact) mass is 383 g/mol. The molecular formula is C20H21N3O5. The van der Waals surface area contributed by atoms with E-state index in [-0.39, 0.29) is 22.9 Å². The fourth-order valence-corrected chi connectivity index (χ4v) is 3.63. The second kappa shape index (κ2) is 6.56. The summed E-state index contributed by atoms with van der Waals surface area (Å²) in [6.45, 7) is 2.34. The second-order valence-electron chi connectivity index (χ2n) is 7.63. The number of aromatic nitrogens is 1. The largest absolute Gasteiger partial charge is 0.504 e. The van der Waals surface area contributed by atoms with Crippen LogP contribution in [0.15, 0.2) is 34.4 Å². The Kier molecular flexibility index (Phi) is 4.30. The molecule has 1 aromatic heterocycles. The van der Waals surface area contributed by atoms with Crippen molar-refractivity contribution in [1.29, 1.82) is 0 Å². The summed E-state index contributed by atoms with van der Waals surface area (Å²) < 4.78 is 7.55. The number of aromatic hydroxyl groups is 1. The van der Waals surface area contributed by atoms with Gasteiger partial charge in [-0.05, 0) is 43.4 Å². The molecule has 0 spiro atoms. The van der Waals surface area contributed by atoms with Crippen LogP contribution in [0.5, 0.6) is 11.5 Å². The van der Waals surface area contributed by atoms with Gasteiger partial charge in [-0.25, -0.2) is 0 Å². The molecule has 0 bridgehead atoms. The molecule has 1 saturated carbocycles. The van der Waals surface area contributed by atoms with E-state index < -0.39 is 11.3 Å². The summed E-state index contributed by atoms with van der Waals surface area (Å²) >= 11 is 0. The van der Waals surface area contributed by atoms with E-state index in [0.717, 1.165) is 24.8 Å². The highest BCUT2D eigenvalue weighted by Crippen LogP contribution is 2.42. The van der Waals surface area contributed by atoms with Crippen molar-refractivity contribution in [2.24, 2.45) is 10.9 Å². The molecule has 1 aliphatic heterocycles. The van der Waals surface area contributed by atoms with Gasteiger partial charge in [0.15, 0.2) is 16.9 Å². The van der Waals surface area contributed by atoms with E-state index in [9.17, 15) is 19.6 Å². The molecule has 1 aromatic carbocycles. The van der Waals surface area contributed by atoms with Gasteiger partial charge < -0.3 is 20.1 Å². The second-order valence-corrected chi connectivity index (χ2v) is 7.63. The number of benzene rings is 1. The Morgan fingerprint density at radius 2 is 2.14 bits per heavy atom. The Hall–Kier alpha value is -3.00. The summed E-state index contributed by atoms with van der Waals surface area (Å²) in [6, 6.07) is 4.66. The number of nitrogens with zero attached hydrogens (tertiary/aromatic N) is 2. The van der Waals surface area contributed by atoms with Crippen LogP contribution in [0.2, 0.25) is 0 Å². The average molecular weight is 383 g/mol. The summed E-state index contributed by atoms with van der Waals surface area (Å²) in [5, 5.41) is 12.8. The molecule has 0 saturated heterocycles. The molecule has 4 rings (SSSR count). The standard InChI is InChI=1S/C20H21N3O5/c1-2-12-5-11-6-18(28-10-20(21)3-4-20)17(25)7-13(11)15-8-16(24)14(9-23(12)15)19(26)22-27/h6-9,12,25H,2-5,10,21H2,1H3. The number of carbonyl (C=O) groups excluding carboxylic acids is 1. The maximum absolute atomic E-state index is 12.3. The summed E-state index contributed by atoms with van der Waals surface area (Å²) in [6.07, 6.45) is 4.59. The summed E-state index contributed by atoms with van der Waals surface area (Å²) in [5.41, 5.74) is 7.15. The first-order valence-electron chi connectivity index (χ1n) is 9.27. The number of nitrogens with two attached hydrogens (primary N) is 1. The Balaban J connectivity index is 1.79. The lowest BCUT2D eigenvalue weighted by molar-refractivity contribution is 0.0999. The lowest BCUT2D eigenvalue weighted by Gasteiger charge is -2.30. The zero-order valence-corrected chi connectivity index (χ0v) is 15.5. The predicted octanol–water partition coefficient (Wildman–Crippen LogP) is 2.50. The van der Waals surface area contributed by atoms with E-state index in [0.29, 0.717) is 30.0 Å². The number of hydrogen-bond acceptors (Lipinski definition) is 6. The molecule has 3 N–H and O–H groups in total. The Morgan fingerprint density at radius 3 is 2.79 bits per heavy atom. The van der Waals surface area contributed by atoms with Crippen LogP contribution in [0.1, 0.15) is 48.1 Å². The highest BCUT2D eigenvalue weighted by molar-refractivity contribution is 5.94. The molecule has 1 aliphatic carbocycles. The molecular weight excluding hydrogens is 362 g/mol. The third kappa shape index (κ3) is 3.09. The van der Waals surface area contributed by atoms with E-state index in [1.807, 2.05) is 6.92 Å². The van der Waals surface area contributed by atoms with E-state index in [1.54, 1.807) is 16.7 Å². The minimum absolute atomic E-state index is 0.0111. The van der Waals surface area contributed by atoms with E-state index >= 15 is 0 Å². The van der Waals surface area contributed by atoms with Gasteiger partial charge in [-0.2, -0.15) is 0 Å². The van der Waals surface area contributed by atoms with Gasteiger partial charge in [0, 0.05) is 29.0 Å². The molecule has 0 radical (unpaired) electrons. The van der Waals surface area contributed by atoms with Crippen molar-refractivity contribution < 1.29 is 14.6 Å². The smallest absolute Gasteiger partial charge is 0.322 e. The minimum Gasteiger partial charge on any atom is -0.504 e. The van der Waals surface area contributed by atoms with Crippen molar-refractivity contribution in [2.45, 2.75) is 44.2 Å². The number of fused-ring (bicyclic) bond motifs is 3. The number of amides is 1. The van der Waals surface area contributed by atoms with E-state index in [1.165, 1.54) is 12.3 Å². The first-order valence-corrected chi connectivity index (χ1v) is 9.27. The van der Waals surface area contributed by atoms with Gasteiger partial charge in [-0.3, -0.25) is 9.59 Å². The minimum atomic E-state index is -1.08. The van der Waals surface area contributed by atoms with E-state index in [4.69, 9.17) is 10.5 Å². The van der Waals surface area contributed by atoms with Crippen LogP contribution in [0.3, 0.4) is 0 Å². The average Bonchev–Trinajstić information content (AvgIpc) is 3.42. The number of nitroso groups, excluding NO2 is 1. The maximum atomic E-state index is 12.3. The number of phenolic OH excluding ortho intramolecular Hbond substituents is 1. The summed E-state index contributed by atoms with van der Waals surface area (Å²) in [7, 11) is 0. The Labute approximate surface area is 160 Å². The van der Waals surface area contributed by atoms with Crippen molar-refractivity contribution >= 4 is 5.91 Å². The molecule has 1 unspecified atom stereocenters. The predicted molar refractivity (Wildman–Crippen MR) is 103 cm³/mol. The highest BCUT2D eigenvalue weighted by atomic mass is 16.5. The molecule has 1 atom stereocenters. The van der Waals surface area contributed by atoms with Crippen molar-refractivity contribution in [3.63, 3.8) is 0 Å². The highest BCUT2D eigenvalue weighted by Gasteiger charge is 2.39. The SMILES string of the molecule is CCC1Cc2cc(OCC3(N)CC3)c(O)cc2-c2cc(=O)c(C(=O)N=O)cn21. The molecule has 8 nitrogen and oxygen atoms in total. The van der Waals surface area contributed by atoms with Crippen molar-refractivity contribution in [3.8, 4) is 22.8 Å². The normalized spacial score (nSPS) is 18.7. The zero-order chi connectivity index (χ0) is 20.1. The van der Waals surface area contributed by atoms with Crippen molar-refractivity contribution in [3.05, 3.63) is 50.7 Å². The Morgan fingerprint density at radius 1 is 1.39 bits per heavy atom. The van der Waals surface area contributed by atoms with E-state index in [2.05, 4.69) is 5.18 Å². The number of phenols is 1. The summed E-state index contributed by atoms with van der Waals surface area (Å²) in [4.78, 5) is 34.6. The molecule has 1 fully saturated rings. The summed E-state index contributed by atoms with van der Waals surface area (Å²) in [5.74, 6) is -0.743. The fourth-order valence-electron chi connectivity index (χ4n) is 3.63. The lowest BCUT2D eigenvalue weighted by atomic mass is 9.90. The molecule has 8 heteroatoms. The Bertz CT molecular complexity index is 1040. The molecule has 2 aliphatic rings. The fraction of sp³-hybridized carbons (Fsp3) is 0.400. The van der Waals surface area contributed by atoms with Crippen LogP contribution in [0.4, 0.5) is 0 Å². The number of ether oxygens (including phenoxy) is 1. The van der Waals surface area contributed by atoms with Gasteiger partial charge in [0.25, 0.3) is 0 Å². The van der Waals surface area contributed by atoms with Crippen LogP contribution in [-0.2, 0) is 6.42 Å². The number of pyridine rings is 1. The molecule has 146 valence electrons. The van der Waals surface area contributed by atoms with Crippen molar-refractivity contribution in [2.75, 3.05) is 6.61 Å². The molecule has 1 amide bonds. The van der Waals surface area contributed by atoms with Gasteiger partial charge in [0.2, 0.25) is 0 Å². The topological polar surface area (TPSA) is 124 Å². The maximum Gasteiger partial charge on any atom is 0.322 e. The first kappa shape index (κ1) is 18.4. The molecule has 2 heterocycles. The first-order chi connectivity index (χ1) is 13.3. The molecule has 28 heavy (non-hydrogen) atoms. The van der Waals surface area contributed by atoms with Gasteiger partial charge in [0.05, 0.1) is 11.2 Å². The van der Waals surface area contributed by atoms with Gasteiger partial charge in [-0.15, -0.1) is 4.91 Å². The third-order valence-electron chi connectivity index (χ3n) is 5.58. The number of carbonyl (C=O) groups is 1. The quantitative estimate of drug-likeness (QED) is 0.765. The lowest BCUT2D eigenvalue weighted by Crippen LogP contribution is -2.30. The van der Waals surface area contributed by atoms with Crippen LogP contribution in [0.25, 0.3) is 11.3 Å². The number of hydrogen-bond donors (Lipinski definition) is 2. The van der Waals surface area contributed by atoms with Crippen LogP contribution in [0, 0.1) is 4.91 Å². The van der Waals surface area contributed by atoms with Crippen LogP contribution >= 0.6 is 0 Å². The molecule has 2 aromatic rings. The van der Waals surface area contributed by atoms with Gasteiger partial charge in [0.1, 0.15) is 12.2 Å².